The number of amides is 2. The molecule has 1 saturated carbocycles. The van der Waals surface area contributed by atoms with E-state index in [1.807, 2.05) is 36.4 Å². The zero-order valence-electron chi connectivity index (χ0n) is 14.6. The molecule has 0 bridgehead atoms. The van der Waals surface area contributed by atoms with E-state index in [-0.39, 0.29) is 17.7 Å². The molecule has 1 aromatic carbocycles. The number of carbonyl (C=O) groups is 2. The number of nitrogens with one attached hydrogen (secondary N) is 1. The summed E-state index contributed by atoms with van der Waals surface area (Å²) < 4.78 is 1.81. The second-order valence-electron chi connectivity index (χ2n) is 7.04. The van der Waals surface area contributed by atoms with Crippen LogP contribution in [0.2, 0.25) is 0 Å². The molecule has 0 unspecified atom stereocenters. The predicted octanol–water partition coefficient (Wildman–Crippen LogP) is 2.72. The molecule has 2 aromatic rings. The normalized spacial score (nSPS) is 16.8. The van der Waals surface area contributed by atoms with Crippen molar-refractivity contribution in [3.05, 3.63) is 54.7 Å². The Balaban J connectivity index is 1.43. The molecule has 1 aliphatic carbocycles. The first kappa shape index (κ1) is 16.6. The molecular formula is C20H22N4O2. The molecule has 6 nitrogen and oxygen atoms in total. The maximum atomic E-state index is 12.5. The first-order chi connectivity index (χ1) is 12.6. The highest BCUT2D eigenvalue weighted by molar-refractivity contribution is 5.91. The molecule has 26 heavy (non-hydrogen) atoms. The summed E-state index contributed by atoms with van der Waals surface area (Å²) in [5, 5.41) is 7.70. The van der Waals surface area contributed by atoms with Crippen molar-refractivity contribution in [2.75, 3.05) is 18.4 Å². The van der Waals surface area contributed by atoms with Gasteiger partial charge in [0.25, 0.3) is 0 Å². The Bertz CT molecular complexity index is 833. The van der Waals surface area contributed by atoms with E-state index in [1.165, 1.54) is 6.08 Å². The summed E-state index contributed by atoms with van der Waals surface area (Å²) in [4.78, 5) is 25.6. The first-order valence-corrected chi connectivity index (χ1v) is 9.00. The number of carbonyl (C=O) groups excluding carboxylic acids is 2. The highest BCUT2D eigenvalue weighted by Gasteiger charge is 2.32. The second kappa shape index (κ2) is 6.78. The summed E-state index contributed by atoms with van der Waals surface area (Å²) in [6, 6.07) is 11.8. The molecule has 1 N–H and O–H groups in total. The Kier molecular flexibility index (Phi) is 4.32. The minimum atomic E-state index is -0.0714. The van der Waals surface area contributed by atoms with Crippen molar-refractivity contribution in [1.29, 1.82) is 0 Å². The number of hydrogen-bond acceptors (Lipinski definition) is 3. The van der Waals surface area contributed by atoms with Crippen LogP contribution in [0.3, 0.4) is 0 Å². The van der Waals surface area contributed by atoms with Crippen LogP contribution in [0.4, 0.5) is 5.82 Å². The number of nitrogens with zero attached hydrogens (tertiary/aromatic N) is 3. The van der Waals surface area contributed by atoms with Crippen LogP contribution < -0.4 is 5.32 Å². The Morgan fingerprint density at radius 2 is 1.96 bits per heavy atom. The van der Waals surface area contributed by atoms with Crippen LogP contribution in [0.5, 0.6) is 0 Å². The molecule has 2 amide bonds. The average molecular weight is 350 g/mol. The monoisotopic (exact) mass is 350 g/mol. The number of hydrogen-bond donors (Lipinski definition) is 1. The van der Waals surface area contributed by atoms with Gasteiger partial charge in [-0.25, -0.2) is 4.68 Å². The number of benzene rings is 1. The Morgan fingerprint density at radius 1 is 1.23 bits per heavy atom. The SMILES string of the molecule is C=CC(=O)N1CC(CC(=O)Nc2cc(C3CC3)nn2-c2ccccc2)C1. The molecule has 2 aliphatic rings. The van der Waals surface area contributed by atoms with Crippen LogP contribution in [0.25, 0.3) is 5.69 Å². The van der Waals surface area contributed by atoms with Gasteiger partial charge in [-0.3, -0.25) is 9.59 Å². The highest BCUT2D eigenvalue weighted by atomic mass is 16.2. The topological polar surface area (TPSA) is 67.2 Å². The van der Waals surface area contributed by atoms with Crippen molar-refractivity contribution in [1.82, 2.24) is 14.7 Å². The molecule has 2 heterocycles. The highest BCUT2D eigenvalue weighted by Crippen LogP contribution is 2.40. The largest absolute Gasteiger partial charge is 0.338 e. The molecular weight excluding hydrogens is 328 g/mol. The number of aromatic nitrogens is 2. The van der Waals surface area contributed by atoms with Crippen LogP contribution in [0, 0.1) is 5.92 Å². The zero-order valence-corrected chi connectivity index (χ0v) is 14.6. The van der Waals surface area contributed by atoms with Crippen LogP contribution in [-0.2, 0) is 9.59 Å². The van der Waals surface area contributed by atoms with Crippen molar-refractivity contribution in [2.45, 2.75) is 25.2 Å². The molecule has 0 spiro atoms. The van der Waals surface area contributed by atoms with Crippen LogP contribution in [-0.4, -0.2) is 39.6 Å². The lowest BCUT2D eigenvalue weighted by atomic mass is 9.96. The number of anilines is 1. The average Bonchev–Trinajstić information content (AvgIpc) is 3.39. The molecule has 0 radical (unpaired) electrons. The molecule has 1 saturated heterocycles. The number of para-hydroxylation sites is 1. The number of likely N-dealkylation sites (tertiary alicyclic amines) is 1. The van der Waals surface area contributed by atoms with E-state index in [0.29, 0.717) is 31.2 Å². The minimum absolute atomic E-state index is 0.0415. The Labute approximate surface area is 152 Å². The van der Waals surface area contributed by atoms with Gasteiger partial charge in [0.1, 0.15) is 5.82 Å². The summed E-state index contributed by atoms with van der Waals surface area (Å²) in [7, 11) is 0. The van der Waals surface area contributed by atoms with E-state index in [1.54, 1.807) is 9.58 Å². The van der Waals surface area contributed by atoms with E-state index in [4.69, 9.17) is 5.10 Å². The molecule has 0 atom stereocenters. The summed E-state index contributed by atoms with van der Waals surface area (Å²) in [6.07, 6.45) is 4.04. The zero-order chi connectivity index (χ0) is 18.1. The molecule has 1 aromatic heterocycles. The van der Waals surface area contributed by atoms with Gasteiger partial charge >= 0.3 is 0 Å². The van der Waals surface area contributed by atoms with Crippen LogP contribution in [0.1, 0.15) is 30.9 Å². The maximum Gasteiger partial charge on any atom is 0.245 e. The van der Waals surface area contributed by atoms with E-state index in [9.17, 15) is 9.59 Å². The van der Waals surface area contributed by atoms with Crippen molar-refractivity contribution in [3.63, 3.8) is 0 Å². The summed E-state index contributed by atoms with van der Waals surface area (Å²) in [6.45, 7) is 4.71. The minimum Gasteiger partial charge on any atom is -0.338 e. The molecule has 1 aliphatic heterocycles. The summed E-state index contributed by atoms with van der Waals surface area (Å²) >= 11 is 0. The van der Waals surface area contributed by atoms with Gasteiger partial charge in [0, 0.05) is 37.4 Å². The number of rotatable bonds is 6. The van der Waals surface area contributed by atoms with E-state index >= 15 is 0 Å². The Morgan fingerprint density at radius 3 is 2.62 bits per heavy atom. The van der Waals surface area contributed by atoms with Crippen LogP contribution >= 0.6 is 0 Å². The lowest BCUT2D eigenvalue weighted by Crippen LogP contribution is -2.50. The fraction of sp³-hybridized carbons (Fsp3) is 0.350. The first-order valence-electron chi connectivity index (χ1n) is 9.00. The summed E-state index contributed by atoms with van der Waals surface area (Å²) in [5.74, 6) is 1.31. The van der Waals surface area contributed by atoms with Crippen LogP contribution in [0.15, 0.2) is 49.1 Å². The van der Waals surface area contributed by atoms with E-state index < -0.39 is 0 Å². The lowest BCUT2D eigenvalue weighted by Gasteiger charge is -2.38. The van der Waals surface area contributed by atoms with Gasteiger partial charge in [0.15, 0.2) is 0 Å². The second-order valence-corrected chi connectivity index (χ2v) is 7.04. The maximum absolute atomic E-state index is 12.5. The Hall–Kier alpha value is -2.89. The van der Waals surface area contributed by atoms with Crippen molar-refractivity contribution < 1.29 is 9.59 Å². The molecule has 2 fully saturated rings. The quantitative estimate of drug-likeness (QED) is 0.815. The van der Waals surface area contributed by atoms with Gasteiger partial charge in [0.05, 0.1) is 11.4 Å². The third-order valence-electron chi connectivity index (χ3n) is 4.91. The molecule has 6 heteroatoms. The van der Waals surface area contributed by atoms with Gasteiger partial charge in [0.2, 0.25) is 11.8 Å². The van der Waals surface area contributed by atoms with Gasteiger partial charge < -0.3 is 10.2 Å². The lowest BCUT2D eigenvalue weighted by molar-refractivity contribution is -0.134. The van der Waals surface area contributed by atoms with E-state index in [2.05, 4.69) is 11.9 Å². The summed E-state index contributed by atoms with van der Waals surface area (Å²) in [5.41, 5.74) is 1.97. The van der Waals surface area contributed by atoms with Gasteiger partial charge in [-0.2, -0.15) is 5.10 Å². The predicted molar refractivity (Wildman–Crippen MR) is 99.1 cm³/mol. The third kappa shape index (κ3) is 3.40. The standard InChI is InChI=1S/C20H22N4O2/c1-2-20(26)23-12-14(13-23)10-19(25)21-18-11-17(15-8-9-15)22-24(18)16-6-4-3-5-7-16/h2-7,11,14-15H,1,8-10,12-13H2,(H,21,25). The van der Waals surface area contributed by atoms with Gasteiger partial charge in [-0.15, -0.1) is 0 Å². The third-order valence-corrected chi connectivity index (χ3v) is 4.91. The van der Waals surface area contributed by atoms with Crippen molar-refractivity contribution in [3.8, 4) is 5.69 Å². The smallest absolute Gasteiger partial charge is 0.245 e. The fourth-order valence-electron chi connectivity index (χ4n) is 3.30. The van der Waals surface area contributed by atoms with Gasteiger partial charge in [-0.1, -0.05) is 24.8 Å². The van der Waals surface area contributed by atoms with Crippen molar-refractivity contribution >= 4 is 17.6 Å². The van der Waals surface area contributed by atoms with Gasteiger partial charge in [-0.05, 0) is 31.1 Å². The molecule has 4 rings (SSSR count). The van der Waals surface area contributed by atoms with E-state index in [0.717, 1.165) is 24.2 Å². The van der Waals surface area contributed by atoms with Crippen molar-refractivity contribution in [2.24, 2.45) is 5.92 Å². The fourth-order valence-corrected chi connectivity index (χ4v) is 3.30. The molecule has 134 valence electrons.